The molecule has 2 bridgehead atoms. The molecule has 3 aliphatic carbocycles. The average Bonchev–Trinajstić information content (AvgIpc) is 2.99. The zero-order valence-corrected chi connectivity index (χ0v) is 13.1. The highest BCUT2D eigenvalue weighted by Crippen LogP contribution is 2.58. The number of allylic oxidation sites excluding steroid dienone is 2. The summed E-state index contributed by atoms with van der Waals surface area (Å²) in [6, 6.07) is 7.40. The van der Waals surface area contributed by atoms with Gasteiger partial charge in [0.15, 0.2) is 0 Å². The number of fused-ring (bicyclic) bond motifs is 5. The van der Waals surface area contributed by atoms with Gasteiger partial charge in [0.2, 0.25) is 0 Å². The fourth-order valence-electron chi connectivity index (χ4n) is 4.97. The quantitative estimate of drug-likeness (QED) is 0.559. The molecule has 0 amide bonds. The van der Waals surface area contributed by atoms with Crippen LogP contribution in [0.4, 0.5) is 0 Å². The molecule has 1 aromatic carbocycles. The van der Waals surface area contributed by atoms with E-state index in [1.54, 1.807) is 16.7 Å². The van der Waals surface area contributed by atoms with Gasteiger partial charge in [-0.15, -0.1) is 0 Å². The van der Waals surface area contributed by atoms with E-state index in [4.69, 9.17) is 0 Å². The van der Waals surface area contributed by atoms with E-state index >= 15 is 0 Å². The molecule has 0 radical (unpaired) electrons. The van der Waals surface area contributed by atoms with Crippen molar-refractivity contribution in [1.82, 2.24) is 0 Å². The predicted molar refractivity (Wildman–Crippen MR) is 85.2 cm³/mol. The van der Waals surface area contributed by atoms with Crippen LogP contribution in [0.15, 0.2) is 29.8 Å². The smallest absolute Gasteiger partial charge is 0.00273 e. The van der Waals surface area contributed by atoms with Gasteiger partial charge in [-0.05, 0) is 66.5 Å². The van der Waals surface area contributed by atoms with E-state index in [1.165, 1.54) is 44.1 Å². The third-order valence-electron chi connectivity index (χ3n) is 6.10. The first-order chi connectivity index (χ1) is 9.49. The molecule has 106 valence electrons. The molecular weight excluding hydrogens is 240 g/mol. The van der Waals surface area contributed by atoms with E-state index < -0.39 is 0 Å². The number of hydrogen-bond donors (Lipinski definition) is 0. The van der Waals surface area contributed by atoms with E-state index in [-0.39, 0.29) is 5.41 Å². The third kappa shape index (κ3) is 1.66. The monoisotopic (exact) mass is 266 g/mol. The maximum atomic E-state index is 2.58. The van der Waals surface area contributed by atoms with Gasteiger partial charge >= 0.3 is 0 Å². The normalized spacial score (nSPS) is 31.6. The molecule has 0 nitrogen and oxygen atoms in total. The Bertz CT molecular complexity index is 585. The summed E-state index contributed by atoms with van der Waals surface area (Å²) >= 11 is 0. The summed E-state index contributed by atoms with van der Waals surface area (Å²) in [5, 5.41) is 0. The van der Waals surface area contributed by atoms with Crippen LogP contribution < -0.4 is 0 Å². The summed E-state index contributed by atoms with van der Waals surface area (Å²) in [4.78, 5) is 0. The minimum atomic E-state index is 0.268. The van der Waals surface area contributed by atoms with Gasteiger partial charge in [-0.25, -0.2) is 0 Å². The summed E-state index contributed by atoms with van der Waals surface area (Å²) < 4.78 is 0. The van der Waals surface area contributed by atoms with E-state index in [0.717, 1.165) is 5.92 Å². The maximum absolute atomic E-state index is 2.58. The van der Waals surface area contributed by atoms with Crippen LogP contribution >= 0.6 is 0 Å². The van der Waals surface area contributed by atoms with Crippen LogP contribution in [0.3, 0.4) is 0 Å². The lowest BCUT2D eigenvalue weighted by molar-refractivity contribution is 0.269. The lowest BCUT2D eigenvalue weighted by Crippen LogP contribution is -2.35. The van der Waals surface area contributed by atoms with E-state index in [0.29, 0.717) is 5.41 Å². The van der Waals surface area contributed by atoms with Crippen molar-refractivity contribution in [2.75, 3.05) is 0 Å². The van der Waals surface area contributed by atoms with Crippen LogP contribution in [0.25, 0.3) is 0 Å². The predicted octanol–water partition coefficient (Wildman–Crippen LogP) is 5.30. The molecule has 0 heterocycles. The van der Waals surface area contributed by atoms with E-state index in [2.05, 4.69) is 45.0 Å². The highest BCUT2D eigenvalue weighted by Gasteiger charge is 2.50. The van der Waals surface area contributed by atoms with Gasteiger partial charge in [0.25, 0.3) is 0 Å². The van der Waals surface area contributed by atoms with Gasteiger partial charge in [-0.2, -0.15) is 0 Å². The van der Waals surface area contributed by atoms with Crippen molar-refractivity contribution in [3.63, 3.8) is 0 Å². The van der Waals surface area contributed by atoms with Gasteiger partial charge in [-0.1, -0.05) is 50.6 Å². The van der Waals surface area contributed by atoms with Gasteiger partial charge in [0.05, 0.1) is 0 Å². The third-order valence-corrected chi connectivity index (χ3v) is 6.10. The molecule has 0 heteroatoms. The molecule has 1 fully saturated rings. The van der Waals surface area contributed by atoms with Crippen LogP contribution in [0.5, 0.6) is 0 Å². The van der Waals surface area contributed by atoms with Crippen LogP contribution in [-0.2, 0) is 17.3 Å². The lowest BCUT2D eigenvalue weighted by Gasteiger charge is -2.42. The standard InChI is InChI=1S/C20H26/c1-19(2,3)16-9-7-15-5-4-10-20(18(15)12-16)13-14-6-8-17(20)11-14/h6-7,9,12,17H,4-5,8,10-11,13H2,1-3H3. The minimum Gasteiger partial charge on any atom is -0.0850 e. The van der Waals surface area contributed by atoms with Crippen LogP contribution in [0.2, 0.25) is 0 Å². The Labute approximate surface area is 123 Å². The second kappa shape index (κ2) is 4.00. The Hall–Kier alpha value is -1.04. The fraction of sp³-hybridized carbons (Fsp3) is 0.600. The van der Waals surface area contributed by atoms with Crippen LogP contribution in [0, 0.1) is 5.92 Å². The first-order valence-corrected chi connectivity index (χ1v) is 8.31. The summed E-state index contributed by atoms with van der Waals surface area (Å²) in [6.07, 6.45) is 10.7. The second-order valence-electron chi connectivity index (χ2n) is 8.31. The Kier molecular flexibility index (Phi) is 2.53. The fourth-order valence-corrected chi connectivity index (χ4v) is 4.97. The number of aryl methyl sites for hydroxylation is 1. The highest BCUT2D eigenvalue weighted by atomic mass is 14.5. The number of benzene rings is 1. The maximum Gasteiger partial charge on any atom is 0.00273 e. The van der Waals surface area contributed by atoms with Crippen LogP contribution in [0.1, 0.15) is 69.6 Å². The summed E-state index contributed by atoms with van der Waals surface area (Å²) in [7, 11) is 0. The van der Waals surface area contributed by atoms with Gasteiger partial charge < -0.3 is 0 Å². The van der Waals surface area contributed by atoms with Gasteiger partial charge in [0, 0.05) is 5.41 Å². The summed E-state index contributed by atoms with van der Waals surface area (Å²) in [5.41, 5.74) is 7.43. The first kappa shape index (κ1) is 12.7. The topological polar surface area (TPSA) is 0 Å². The Balaban J connectivity index is 1.86. The second-order valence-corrected chi connectivity index (χ2v) is 8.31. The van der Waals surface area contributed by atoms with Crippen molar-refractivity contribution in [3.05, 3.63) is 46.5 Å². The number of rotatable bonds is 0. The number of hydrogen-bond acceptors (Lipinski definition) is 0. The molecule has 2 unspecified atom stereocenters. The van der Waals surface area contributed by atoms with Gasteiger partial charge in [-0.3, -0.25) is 0 Å². The molecule has 20 heavy (non-hydrogen) atoms. The summed E-state index contributed by atoms with van der Waals surface area (Å²) in [6.45, 7) is 7.02. The summed E-state index contributed by atoms with van der Waals surface area (Å²) in [5.74, 6) is 0.909. The Morgan fingerprint density at radius 1 is 1.20 bits per heavy atom. The highest BCUT2D eigenvalue weighted by molar-refractivity contribution is 5.46. The molecular formula is C20H26. The largest absolute Gasteiger partial charge is 0.0850 e. The minimum absolute atomic E-state index is 0.268. The molecule has 2 atom stereocenters. The first-order valence-electron chi connectivity index (χ1n) is 8.31. The van der Waals surface area contributed by atoms with Crippen molar-refractivity contribution in [1.29, 1.82) is 0 Å². The molecule has 1 spiro atoms. The molecule has 0 saturated heterocycles. The zero-order valence-electron chi connectivity index (χ0n) is 13.1. The molecule has 1 aromatic rings. The van der Waals surface area contributed by atoms with Crippen molar-refractivity contribution < 1.29 is 0 Å². The Morgan fingerprint density at radius 3 is 2.70 bits per heavy atom. The van der Waals surface area contributed by atoms with Crippen LogP contribution in [-0.4, -0.2) is 0 Å². The SMILES string of the molecule is CC(C)(C)c1ccc2c(c1)C1(CCC2)CC2=CCC1C2. The van der Waals surface area contributed by atoms with Gasteiger partial charge in [0.1, 0.15) is 0 Å². The Morgan fingerprint density at radius 2 is 2.05 bits per heavy atom. The zero-order chi connectivity index (χ0) is 14.0. The molecule has 1 saturated carbocycles. The molecule has 4 rings (SSSR count). The lowest BCUT2D eigenvalue weighted by atomic mass is 9.62. The molecule has 0 N–H and O–H groups in total. The molecule has 0 aliphatic heterocycles. The van der Waals surface area contributed by atoms with Crippen molar-refractivity contribution >= 4 is 0 Å². The van der Waals surface area contributed by atoms with Crippen molar-refractivity contribution in [2.24, 2.45) is 5.92 Å². The van der Waals surface area contributed by atoms with E-state index in [9.17, 15) is 0 Å². The van der Waals surface area contributed by atoms with Crippen molar-refractivity contribution in [2.45, 2.75) is 70.1 Å². The molecule has 0 aromatic heterocycles. The van der Waals surface area contributed by atoms with E-state index in [1.807, 2.05) is 0 Å². The molecule has 3 aliphatic rings. The average molecular weight is 266 g/mol. The van der Waals surface area contributed by atoms with Crippen molar-refractivity contribution in [3.8, 4) is 0 Å².